The normalized spacial score (nSPS) is 9.44. The van der Waals surface area contributed by atoms with Crippen LogP contribution in [0.2, 0.25) is 0 Å². The van der Waals surface area contributed by atoms with Crippen molar-refractivity contribution in [3.05, 3.63) is 16.2 Å². The lowest BCUT2D eigenvalue weighted by Crippen LogP contribution is -1.82. The van der Waals surface area contributed by atoms with Gasteiger partial charge in [0, 0.05) is 22.6 Å². The molecule has 0 aliphatic heterocycles. The van der Waals surface area contributed by atoms with Crippen LogP contribution in [0.3, 0.4) is 0 Å². The summed E-state index contributed by atoms with van der Waals surface area (Å²) in [6, 6.07) is 0. The molecule has 1 aromatic rings. The van der Waals surface area contributed by atoms with Gasteiger partial charge >= 0.3 is 0 Å². The Morgan fingerprint density at radius 1 is 1.78 bits per heavy atom. The summed E-state index contributed by atoms with van der Waals surface area (Å²) in [4.78, 5) is 3.91. The van der Waals surface area contributed by atoms with E-state index in [1.165, 1.54) is 0 Å². The third kappa shape index (κ3) is 1.24. The Balaban J connectivity index is 3.15. The van der Waals surface area contributed by atoms with Crippen LogP contribution in [0.15, 0.2) is 11.0 Å². The summed E-state index contributed by atoms with van der Waals surface area (Å²) in [5, 5.41) is 0. The number of hydrogen-bond acceptors (Lipinski definition) is 3. The first kappa shape index (κ1) is 6.60. The van der Waals surface area contributed by atoms with Gasteiger partial charge in [-0.05, 0) is 6.08 Å². The van der Waals surface area contributed by atoms with E-state index >= 15 is 0 Å². The highest BCUT2D eigenvalue weighted by Crippen LogP contribution is 2.14. The predicted octanol–water partition coefficient (Wildman–Crippen LogP) is 1.50. The van der Waals surface area contributed by atoms with Crippen molar-refractivity contribution in [2.45, 2.75) is 0 Å². The van der Waals surface area contributed by atoms with Crippen molar-refractivity contribution >= 4 is 34.6 Å². The Hall–Kier alpha value is -0.520. The predicted molar refractivity (Wildman–Crippen MR) is 43.7 cm³/mol. The van der Waals surface area contributed by atoms with Crippen molar-refractivity contribution in [3.8, 4) is 0 Å². The zero-order valence-electron chi connectivity index (χ0n) is 4.60. The molecule has 1 heterocycles. The van der Waals surface area contributed by atoms with Gasteiger partial charge in [-0.1, -0.05) is 6.58 Å². The average molecular weight is 236 g/mol. The maximum absolute atomic E-state index is 5.35. The van der Waals surface area contributed by atoms with E-state index in [2.05, 4.69) is 11.6 Å². The molecule has 0 radical (unpaired) electrons. The Kier molecular flexibility index (Phi) is 1.75. The monoisotopic (exact) mass is 236 g/mol. The van der Waals surface area contributed by atoms with Crippen molar-refractivity contribution < 1.29 is 4.42 Å². The molecule has 9 heavy (non-hydrogen) atoms. The lowest BCUT2D eigenvalue weighted by atomic mass is 10.4. The molecule has 1 rings (SSSR count). The average Bonchev–Trinajstić information content (AvgIpc) is 2.10. The number of rotatable bonds is 1. The minimum atomic E-state index is 0.328. The number of halogens is 1. The number of anilines is 1. The van der Waals surface area contributed by atoms with Gasteiger partial charge in [0.15, 0.2) is 0 Å². The zero-order valence-corrected chi connectivity index (χ0v) is 6.75. The summed E-state index contributed by atoms with van der Waals surface area (Å²) in [6.45, 7) is 3.50. The number of hydrogen-bond donors (Lipinski definition) is 1. The number of aromatic nitrogens is 1. The van der Waals surface area contributed by atoms with E-state index in [0.29, 0.717) is 15.5 Å². The van der Waals surface area contributed by atoms with E-state index in [1.807, 2.05) is 22.6 Å². The quantitative estimate of drug-likeness (QED) is 0.751. The van der Waals surface area contributed by atoms with Crippen LogP contribution >= 0.6 is 22.6 Å². The molecule has 0 aromatic carbocycles. The van der Waals surface area contributed by atoms with Crippen LogP contribution in [0.4, 0.5) is 5.88 Å². The Labute approximate surface area is 66.1 Å². The van der Waals surface area contributed by atoms with Crippen molar-refractivity contribution in [2.75, 3.05) is 5.73 Å². The molecular weight excluding hydrogens is 231 g/mol. The molecule has 0 atom stereocenters. The van der Waals surface area contributed by atoms with Crippen LogP contribution in [0.5, 0.6) is 0 Å². The van der Waals surface area contributed by atoms with Gasteiger partial charge in [-0.15, -0.1) is 0 Å². The Bertz CT molecular complexity index is 231. The first-order valence-electron chi connectivity index (χ1n) is 2.28. The van der Waals surface area contributed by atoms with Crippen molar-refractivity contribution in [3.63, 3.8) is 0 Å². The highest BCUT2D eigenvalue weighted by molar-refractivity contribution is 14.1. The van der Waals surface area contributed by atoms with Crippen LogP contribution in [-0.2, 0) is 0 Å². The molecule has 0 spiro atoms. The van der Waals surface area contributed by atoms with Gasteiger partial charge in [0.1, 0.15) is 5.69 Å². The smallest absolute Gasteiger partial charge is 0.259 e. The maximum Gasteiger partial charge on any atom is 0.259 e. The highest BCUT2D eigenvalue weighted by atomic mass is 127. The van der Waals surface area contributed by atoms with E-state index in [4.69, 9.17) is 10.2 Å². The summed E-state index contributed by atoms with van der Waals surface area (Å²) in [6.07, 6.45) is 1.56. The summed E-state index contributed by atoms with van der Waals surface area (Å²) in [5.74, 6) is 0.328. The van der Waals surface area contributed by atoms with Crippen LogP contribution in [-0.4, -0.2) is 4.98 Å². The third-order valence-corrected chi connectivity index (χ3v) is 1.31. The number of nitrogens with zero attached hydrogens (tertiary/aromatic N) is 1. The lowest BCUT2D eigenvalue weighted by Gasteiger charge is -1.79. The first-order valence-corrected chi connectivity index (χ1v) is 3.36. The maximum atomic E-state index is 5.35. The Morgan fingerprint density at radius 2 is 2.44 bits per heavy atom. The summed E-state index contributed by atoms with van der Waals surface area (Å²) in [7, 11) is 0. The molecule has 48 valence electrons. The minimum Gasteiger partial charge on any atom is -0.415 e. The van der Waals surface area contributed by atoms with Gasteiger partial charge in [0.2, 0.25) is 5.88 Å². The van der Waals surface area contributed by atoms with Crippen molar-refractivity contribution in [2.24, 2.45) is 0 Å². The third-order valence-electron chi connectivity index (χ3n) is 0.848. The molecular formula is C5H5IN2O. The lowest BCUT2D eigenvalue weighted by molar-refractivity contribution is 0.543. The molecule has 0 aliphatic rings. The fraction of sp³-hybridized carbons (Fsp3) is 0. The van der Waals surface area contributed by atoms with E-state index in [1.54, 1.807) is 6.08 Å². The molecule has 0 unspecified atom stereocenters. The second kappa shape index (κ2) is 2.38. The number of oxazole rings is 1. The molecule has 0 fully saturated rings. The van der Waals surface area contributed by atoms with E-state index in [0.717, 1.165) is 0 Å². The van der Waals surface area contributed by atoms with Gasteiger partial charge in [0.05, 0.1) is 0 Å². The molecule has 2 N–H and O–H groups in total. The highest BCUT2D eigenvalue weighted by Gasteiger charge is 2.02. The largest absolute Gasteiger partial charge is 0.415 e. The SMILES string of the molecule is C=Cc1nc(I)oc1N. The fourth-order valence-corrected chi connectivity index (χ4v) is 0.959. The van der Waals surface area contributed by atoms with Gasteiger partial charge in [-0.2, -0.15) is 0 Å². The molecule has 0 bridgehead atoms. The zero-order chi connectivity index (χ0) is 6.85. The van der Waals surface area contributed by atoms with Crippen LogP contribution in [0.25, 0.3) is 6.08 Å². The van der Waals surface area contributed by atoms with Gasteiger partial charge in [-0.25, -0.2) is 4.98 Å². The van der Waals surface area contributed by atoms with Gasteiger partial charge in [0.25, 0.3) is 3.90 Å². The second-order valence-corrected chi connectivity index (χ2v) is 2.34. The van der Waals surface area contributed by atoms with Gasteiger partial charge < -0.3 is 10.2 Å². The summed E-state index contributed by atoms with van der Waals surface area (Å²) >= 11 is 1.94. The van der Waals surface area contributed by atoms with E-state index < -0.39 is 0 Å². The topological polar surface area (TPSA) is 52.0 Å². The molecule has 0 amide bonds. The summed E-state index contributed by atoms with van der Waals surface area (Å²) < 4.78 is 5.43. The van der Waals surface area contributed by atoms with Crippen molar-refractivity contribution in [1.29, 1.82) is 0 Å². The molecule has 0 aliphatic carbocycles. The standard InChI is InChI=1S/C5H5IN2O/c1-2-3-4(7)9-5(6)8-3/h2H,1,7H2. The number of nitrogens with two attached hydrogens (primary N) is 1. The molecule has 3 nitrogen and oxygen atoms in total. The molecule has 4 heteroatoms. The second-order valence-electron chi connectivity index (χ2n) is 1.42. The first-order chi connectivity index (χ1) is 4.24. The molecule has 0 saturated carbocycles. The molecule has 0 saturated heterocycles. The van der Waals surface area contributed by atoms with Crippen LogP contribution in [0.1, 0.15) is 5.69 Å². The number of nitrogen functional groups attached to an aromatic ring is 1. The van der Waals surface area contributed by atoms with Crippen LogP contribution < -0.4 is 5.73 Å². The fourth-order valence-electron chi connectivity index (χ4n) is 0.462. The Morgan fingerprint density at radius 3 is 2.67 bits per heavy atom. The minimum absolute atomic E-state index is 0.328. The van der Waals surface area contributed by atoms with Gasteiger partial charge in [-0.3, -0.25) is 0 Å². The van der Waals surface area contributed by atoms with Crippen molar-refractivity contribution in [1.82, 2.24) is 4.98 Å². The van der Waals surface area contributed by atoms with Crippen LogP contribution in [0, 0.1) is 3.90 Å². The van der Waals surface area contributed by atoms with E-state index in [-0.39, 0.29) is 0 Å². The van der Waals surface area contributed by atoms with E-state index in [9.17, 15) is 0 Å². The summed E-state index contributed by atoms with van der Waals surface area (Å²) in [5.41, 5.74) is 5.96. The molecule has 1 aromatic heterocycles.